The molecule has 0 radical (unpaired) electrons. The normalized spacial score (nSPS) is 17.1. The van der Waals surface area contributed by atoms with Crippen molar-refractivity contribution < 1.29 is 18.9 Å². The first-order valence-electron chi connectivity index (χ1n) is 8.07. The van der Waals surface area contributed by atoms with Gasteiger partial charge in [0.1, 0.15) is 5.75 Å². The number of benzene rings is 2. The maximum absolute atomic E-state index is 5.96. The molecule has 4 heteroatoms. The molecule has 0 amide bonds. The minimum absolute atomic E-state index is 0.520. The van der Waals surface area contributed by atoms with E-state index in [0.717, 1.165) is 12.2 Å². The van der Waals surface area contributed by atoms with Gasteiger partial charge in [-0.15, -0.1) is 0 Å². The van der Waals surface area contributed by atoms with Crippen molar-refractivity contribution in [2.24, 2.45) is 0 Å². The van der Waals surface area contributed by atoms with E-state index in [2.05, 4.69) is 26.0 Å². The average Bonchev–Trinajstić information content (AvgIpc) is 2.99. The lowest BCUT2D eigenvalue weighted by Crippen LogP contribution is -2.21. The fraction of sp³-hybridized carbons (Fsp3) is 0.368. The van der Waals surface area contributed by atoms with E-state index in [0.29, 0.717) is 29.8 Å². The van der Waals surface area contributed by atoms with Gasteiger partial charge in [-0.25, -0.2) is 0 Å². The van der Waals surface area contributed by atoms with Crippen molar-refractivity contribution in [3.8, 4) is 23.0 Å². The fourth-order valence-corrected chi connectivity index (χ4v) is 2.44. The Labute approximate surface area is 136 Å². The Bertz CT molecular complexity index is 651. The molecule has 2 aromatic carbocycles. The SMILES string of the molecule is CCOC1Oc2cccc(Oc3ccc(C(C)CC)cc3)c2O1. The third kappa shape index (κ3) is 3.42. The molecular weight excluding hydrogens is 292 g/mol. The second-order valence-corrected chi connectivity index (χ2v) is 5.54. The van der Waals surface area contributed by atoms with Gasteiger partial charge in [0, 0.05) is 0 Å². The van der Waals surface area contributed by atoms with Crippen molar-refractivity contribution in [1.82, 2.24) is 0 Å². The zero-order valence-corrected chi connectivity index (χ0v) is 13.7. The van der Waals surface area contributed by atoms with E-state index < -0.39 is 6.48 Å². The lowest BCUT2D eigenvalue weighted by molar-refractivity contribution is -0.173. The Morgan fingerprint density at radius 3 is 2.52 bits per heavy atom. The van der Waals surface area contributed by atoms with Gasteiger partial charge in [0.2, 0.25) is 5.75 Å². The first-order valence-corrected chi connectivity index (χ1v) is 8.07. The van der Waals surface area contributed by atoms with Crippen LogP contribution < -0.4 is 14.2 Å². The molecule has 0 spiro atoms. The highest BCUT2D eigenvalue weighted by Crippen LogP contribution is 2.44. The number of para-hydroxylation sites is 1. The zero-order chi connectivity index (χ0) is 16.2. The summed E-state index contributed by atoms with van der Waals surface area (Å²) >= 11 is 0. The molecule has 0 aliphatic carbocycles. The molecule has 3 rings (SSSR count). The van der Waals surface area contributed by atoms with Crippen molar-refractivity contribution in [2.75, 3.05) is 6.61 Å². The zero-order valence-electron chi connectivity index (χ0n) is 13.7. The van der Waals surface area contributed by atoms with E-state index in [4.69, 9.17) is 18.9 Å². The molecule has 122 valence electrons. The second kappa shape index (κ2) is 6.92. The van der Waals surface area contributed by atoms with Crippen molar-refractivity contribution in [2.45, 2.75) is 39.6 Å². The predicted molar refractivity (Wildman–Crippen MR) is 88.3 cm³/mol. The number of hydrogen-bond donors (Lipinski definition) is 0. The van der Waals surface area contributed by atoms with Crippen LogP contribution in [0.1, 0.15) is 38.7 Å². The summed E-state index contributed by atoms with van der Waals surface area (Å²) in [5, 5.41) is 0. The van der Waals surface area contributed by atoms with Crippen molar-refractivity contribution in [1.29, 1.82) is 0 Å². The number of rotatable bonds is 6. The van der Waals surface area contributed by atoms with Crippen LogP contribution >= 0.6 is 0 Å². The first-order chi connectivity index (χ1) is 11.2. The van der Waals surface area contributed by atoms with Crippen LogP contribution in [0.4, 0.5) is 0 Å². The Kier molecular flexibility index (Phi) is 4.72. The fourth-order valence-electron chi connectivity index (χ4n) is 2.44. The van der Waals surface area contributed by atoms with Crippen molar-refractivity contribution in [3.05, 3.63) is 48.0 Å². The molecule has 2 aromatic rings. The monoisotopic (exact) mass is 314 g/mol. The molecule has 1 aliphatic heterocycles. The summed E-state index contributed by atoms with van der Waals surface area (Å²) in [6, 6.07) is 13.7. The minimum Gasteiger partial charge on any atom is -0.453 e. The van der Waals surface area contributed by atoms with Crippen LogP contribution in [0.15, 0.2) is 42.5 Å². The number of fused-ring (bicyclic) bond motifs is 1. The van der Waals surface area contributed by atoms with Crippen LogP contribution in [-0.2, 0) is 4.74 Å². The van der Waals surface area contributed by atoms with E-state index in [1.54, 1.807) is 0 Å². The topological polar surface area (TPSA) is 36.9 Å². The van der Waals surface area contributed by atoms with Gasteiger partial charge < -0.3 is 18.9 Å². The van der Waals surface area contributed by atoms with Crippen LogP contribution in [0.3, 0.4) is 0 Å². The van der Waals surface area contributed by atoms with Gasteiger partial charge in [-0.1, -0.05) is 32.0 Å². The van der Waals surface area contributed by atoms with E-state index in [-0.39, 0.29) is 0 Å². The van der Waals surface area contributed by atoms with Crippen molar-refractivity contribution >= 4 is 0 Å². The molecule has 4 nitrogen and oxygen atoms in total. The first kappa shape index (κ1) is 15.7. The number of hydrogen-bond acceptors (Lipinski definition) is 4. The molecule has 0 aromatic heterocycles. The lowest BCUT2D eigenvalue weighted by Gasteiger charge is -2.12. The van der Waals surface area contributed by atoms with Crippen LogP contribution in [0.2, 0.25) is 0 Å². The third-order valence-corrected chi connectivity index (χ3v) is 3.97. The molecule has 23 heavy (non-hydrogen) atoms. The molecule has 0 N–H and O–H groups in total. The van der Waals surface area contributed by atoms with Crippen LogP contribution in [0, 0.1) is 0 Å². The predicted octanol–water partition coefficient (Wildman–Crippen LogP) is 5.08. The van der Waals surface area contributed by atoms with Crippen molar-refractivity contribution in [3.63, 3.8) is 0 Å². The maximum atomic E-state index is 5.96. The molecule has 1 aliphatic rings. The summed E-state index contributed by atoms with van der Waals surface area (Å²) in [6.07, 6.45) is 1.12. The summed E-state index contributed by atoms with van der Waals surface area (Å²) < 4.78 is 22.5. The molecule has 2 unspecified atom stereocenters. The van der Waals surface area contributed by atoms with E-state index >= 15 is 0 Å². The van der Waals surface area contributed by atoms with Gasteiger partial charge in [-0.3, -0.25) is 0 Å². The molecule has 2 atom stereocenters. The summed E-state index contributed by atoms with van der Waals surface area (Å²) in [5.41, 5.74) is 1.31. The van der Waals surface area contributed by atoms with Gasteiger partial charge in [-0.05, 0) is 49.1 Å². The summed E-state index contributed by atoms with van der Waals surface area (Å²) in [7, 11) is 0. The highest BCUT2D eigenvalue weighted by Gasteiger charge is 2.28. The summed E-state index contributed by atoms with van der Waals surface area (Å²) in [5.74, 6) is 3.16. The standard InChI is InChI=1S/C19H22O4/c1-4-13(3)14-9-11-15(12-10-14)21-16-7-6-8-17-18(16)23-19(22-17)20-5-2/h6-13,19H,4-5H2,1-3H3. The summed E-state index contributed by atoms with van der Waals surface area (Å²) in [6.45, 7) is 6.12. The Hall–Kier alpha value is -2.20. The third-order valence-electron chi connectivity index (χ3n) is 3.97. The molecule has 0 saturated carbocycles. The summed E-state index contributed by atoms with van der Waals surface area (Å²) in [4.78, 5) is 0. The Morgan fingerprint density at radius 2 is 1.83 bits per heavy atom. The number of ether oxygens (including phenoxy) is 4. The molecule has 1 heterocycles. The largest absolute Gasteiger partial charge is 0.453 e. The Morgan fingerprint density at radius 1 is 1.04 bits per heavy atom. The Balaban J connectivity index is 1.76. The molecule has 0 bridgehead atoms. The van der Waals surface area contributed by atoms with E-state index in [1.807, 2.05) is 37.3 Å². The average molecular weight is 314 g/mol. The van der Waals surface area contributed by atoms with Crippen LogP contribution in [0.25, 0.3) is 0 Å². The molecule has 0 fully saturated rings. The van der Waals surface area contributed by atoms with E-state index in [9.17, 15) is 0 Å². The minimum atomic E-state index is -0.701. The van der Waals surface area contributed by atoms with E-state index in [1.165, 1.54) is 5.56 Å². The second-order valence-electron chi connectivity index (χ2n) is 5.54. The van der Waals surface area contributed by atoms with Gasteiger partial charge in [0.15, 0.2) is 11.5 Å². The van der Waals surface area contributed by atoms with Crippen LogP contribution in [0.5, 0.6) is 23.0 Å². The van der Waals surface area contributed by atoms with Gasteiger partial charge in [-0.2, -0.15) is 0 Å². The highest BCUT2D eigenvalue weighted by atomic mass is 16.9. The van der Waals surface area contributed by atoms with Gasteiger partial charge >= 0.3 is 6.48 Å². The lowest BCUT2D eigenvalue weighted by atomic mass is 9.99. The smallest absolute Gasteiger partial charge is 0.361 e. The maximum Gasteiger partial charge on any atom is 0.361 e. The molecule has 0 saturated heterocycles. The molecular formula is C19H22O4. The highest BCUT2D eigenvalue weighted by molar-refractivity contribution is 5.54. The van der Waals surface area contributed by atoms with Gasteiger partial charge in [0.25, 0.3) is 0 Å². The quantitative estimate of drug-likeness (QED) is 0.744. The van der Waals surface area contributed by atoms with Gasteiger partial charge in [0.05, 0.1) is 6.61 Å². The van der Waals surface area contributed by atoms with Crippen LogP contribution in [-0.4, -0.2) is 13.1 Å².